The van der Waals surface area contributed by atoms with E-state index in [0.717, 1.165) is 12.0 Å². The first-order chi connectivity index (χ1) is 9.22. The first-order valence-electron chi connectivity index (χ1n) is 6.58. The number of carbonyl (C=O) groups excluding carboxylic acids is 1. The molecule has 6 heteroatoms. The van der Waals surface area contributed by atoms with E-state index in [4.69, 9.17) is 5.73 Å². The van der Waals surface area contributed by atoms with E-state index in [2.05, 4.69) is 5.32 Å². The molecule has 0 saturated carbocycles. The minimum absolute atomic E-state index is 0.0158. The van der Waals surface area contributed by atoms with Crippen molar-refractivity contribution in [2.45, 2.75) is 32.1 Å². The molecule has 0 spiro atoms. The molecule has 0 radical (unpaired) electrons. The Kier molecular flexibility index (Phi) is 5.56. The number of amides is 1. The van der Waals surface area contributed by atoms with Crippen LogP contribution in [-0.2, 0) is 14.6 Å². The average Bonchev–Trinajstić information content (AvgIpc) is 2.26. The number of nitrogen functional groups attached to an aromatic ring is 1. The number of aryl methyl sites for hydroxylation is 1. The first kappa shape index (κ1) is 16.5. The lowest BCUT2D eigenvalue weighted by Crippen LogP contribution is -2.31. The summed E-state index contributed by atoms with van der Waals surface area (Å²) in [6, 6.07) is 4.70. The molecule has 0 saturated heterocycles. The summed E-state index contributed by atoms with van der Waals surface area (Å²) in [5, 5.41) is 2.61. The Morgan fingerprint density at radius 3 is 2.55 bits per heavy atom. The molecular weight excluding hydrogens is 276 g/mol. The third-order valence-corrected chi connectivity index (χ3v) is 4.55. The summed E-state index contributed by atoms with van der Waals surface area (Å²) in [6.45, 7) is 6.38. The van der Waals surface area contributed by atoms with Crippen LogP contribution in [-0.4, -0.2) is 26.6 Å². The molecule has 5 nitrogen and oxygen atoms in total. The van der Waals surface area contributed by atoms with Crippen molar-refractivity contribution in [2.75, 3.05) is 18.0 Å². The minimum Gasteiger partial charge on any atom is -0.398 e. The lowest BCUT2D eigenvalue weighted by Gasteiger charge is -2.09. The topological polar surface area (TPSA) is 89.3 Å². The van der Waals surface area contributed by atoms with E-state index in [-0.39, 0.29) is 10.6 Å². The summed E-state index contributed by atoms with van der Waals surface area (Å²) in [7, 11) is -3.69. The Balaban J connectivity index is 2.72. The number of carbonyl (C=O) groups is 1. The molecule has 1 aromatic rings. The fourth-order valence-electron chi connectivity index (χ4n) is 1.75. The SMILES string of the molecule is Cc1ccc(S(=O)(=O)CC(=O)NCCC(C)C)c(N)c1. The van der Waals surface area contributed by atoms with Gasteiger partial charge in [-0.05, 0) is 37.0 Å². The second-order valence-electron chi connectivity index (χ2n) is 5.33. The fourth-order valence-corrected chi connectivity index (χ4v) is 3.05. The molecule has 1 amide bonds. The van der Waals surface area contributed by atoms with E-state index >= 15 is 0 Å². The van der Waals surface area contributed by atoms with Crippen LogP contribution in [0.1, 0.15) is 25.8 Å². The molecule has 0 aliphatic heterocycles. The summed E-state index contributed by atoms with van der Waals surface area (Å²) < 4.78 is 24.3. The summed E-state index contributed by atoms with van der Waals surface area (Å²) in [4.78, 5) is 11.7. The summed E-state index contributed by atoms with van der Waals surface area (Å²) in [5.41, 5.74) is 6.77. The van der Waals surface area contributed by atoms with Gasteiger partial charge in [0.1, 0.15) is 5.75 Å². The molecule has 3 N–H and O–H groups in total. The van der Waals surface area contributed by atoms with Gasteiger partial charge in [-0.15, -0.1) is 0 Å². The number of nitrogens with one attached hydrogen (secondary N) is 1. The van der Waals surface area contributed by atoms with Gasteiger partial charge in [0, 0.05) is 6.54 Å². The second-order valence-corrected chi connectivity index (χ2v) is 7.29. The van der Waals surface area contributed by atoms with Gasteiger partial charge in [0.25, 0.3) is 0 Å². The van der Waals surface area contributed by atoms with Gasteiger partial charge in [-0.2, -0.15) is 0 Å². The van der Waals surface area contributed by atoms with E-state index in [1.165, 1.54) is 6.07 Å². The van der Waals surface area contributed by atoms with Gasteiger partial charge in [-0.3, -0.25) is 4.79 Å². The third-order valence-electron chi connectivity index (χ3n) is 2.87. The third kappa shape index (κ3) is 4.85. The van der Waals surface area contributed by atoms with Crippen molar-refractivity contribution in [1.29, 1.82) is 0 Å². The Morgan fingerprint density at radius 2 is 2.00 bits per heavy atom. The molecule has 1 aromatic carbocycles. The van der Waals surface area contributed by atoms with E-state index in [9.17, 15) is 13.2 Å². The average molecular weight is 298 g/mol. The largest absolute Gasteiger partial charge is 0.398 e. The van der Waals surface area contributed by atoms with Crippen LogP contribution < -0.4 is 11.1 Å². The fraction of sp³-hybridized carbons (Fsp3) is 0.500. The van der Waals surface area contributed by atoms with E-state index in [0.29, 0.717) is 12.5 Å². The van der Waals surface area contributed by atoms with Gasteiger partial charge in [0.15, 0.2) is 9.84 Å². The number of sulfone groups is 1. The van der Waals surface area contributed by atoms with Gasteiger partial charge in [-0.25, -0.2) is 8.42 Å². The van der Waals surface area contributed by atoms with Crippen LogP contribution in [0.15, 0.2) is 23.1 Å². The number of anilines is 1. The maximum absolute atomic E-state index is 12.1. The van der Waals surface area contributed by atoms with Crippen molar-refractivity contribution in [3.05, 3.63) is 23.8 Å². The van der Waals surface area contributed by atoms with Crippen molar-refractivity contribution < 1.29 is 13.2 Å². The highest BCUT2D eigenvalue weighted by atomic mass is 32.2. The molecular formula is C14H22N2O3S. The molecule has 0 aromatic heterocycles. The van der Waals surface area contributed by atoms with Gasteiger partial charge in [0.2, 0.25) is 5.91 Å². The van der Waals surface area contributed by atoms with Gasteiger partial charge in [0.05, 0.1) is 10.6 Å². The van der Waals surface area contributed by atoms with Crippen molar-refractivity contribution in [3.63, 3.8) is 0 Å². The van der Waals surface area contributed by atoms with Crippen molar-refractivity contribution in [3.8, 4) is 0 Å². The number of rotatable bonds is 6. The first-order valence-corrected chi connectivity index (χ1v) is 8.23. The monoisotopic (exact) mass is 298 g/mol. The van der Waals surface area contributed by atoms with Crippen LogP contribution in [0.5, 0.6) is 0 Å². The van der Waals surface area contributed by atoms with E-state index < -0.39 is 21.5 Å². The lowest BCUT2D eigenvalue weighted by molar-refractivity contribution is -0.118. The van der Waals surface area contributed by atoms with Crippen molar-refractivity contribution >= 4 is 21.4 Å². The molecule has 0 aliphatic carbocycles. The van der Waals surface area contributed by atoms with Crippen LogP contribution in [0.25, 0.3) is 0 Å². The van der Waals surface area contributed by atoms with E-state index in [1.807, 2.05) is 20.8 Å². The maximum atomic E-state index is 12.1. The Hall–Kier alpha value is -1.56. The smallest absolute Gasteiger partial charge is 0.235 e. The lowest BCUT2D eigenvalue weighted by atomic mass is 10.1. The quantitative estimate of drug-likeness (QED) is 0.779. The predicted octanol–water partition coefficient (Wildman–Crippen LogP) is 1.51. The van der Waals surface area contributed by atoms with Crippen LogP contribution >= 0.6 is 0 Å². The summed E-state index contributed by atoms with van der Waals surface area (Å²) in [6.07, 6.45) is 0.818. The van der Waals surface area contributed by atoms with Crippen molar-refractivity contribution in [1.82, 2.24) is 5.32 Å². The zero-order valence-electron chi connectivity index (χ0n) is 12.1. The Labute approximate surface area is 120 Å². The summed E-state index contributed by atoms with van der Waals surface area (Å²) >= 11 is 0. The Bertz CT molecular complexity index is 580. The van der Waals surface area contributed by atoms with E-state index in [1.54, 1.807) is 12.1 Å². The summed E-state index contributed by atoms with van der Waals surface area (Å²) in [5.74, 6) is -0.608. The van der Waals surface area contributed by atoms with Gasteiger partial charge < -0.3 is 11.1 Å². The molecule has 0 heterocycles. The highest BCUT2D eigenvalue weighted by Gasteiger charge is 2.21. The molecule has 0 aliphatic rings. The number of hydrogen-bond donors (Lipinski definition) is 2. The highest BCUT2D eigenvalue weighted by Crippen LogP contribution is 2.20. The maximum Gasteiger partial charge on any atom is 0.235 e. The zero-order chi connectivity index (χ0) is 15.3. The molecule has 112 valence electrons. The second kappa shape index (κ2) is 6.74. The zero-order valence-corrected chi connectivity index (χ0v) is 13.0. The highest BCUT2D eigenvalue weighted by molar-refractivity contribution is 7.92. The predicted molar refractivity (Wildman–Crippen MR) is 80.1 cm³/mol. The molecule has 0 atom stereocenters. The van der Waals surface area contributed by atoms with Gasteiger partial charge in [-0.1, -0.05) is 19.9 Å². The van der Waals surface area contributed by atoms with Crippen LogP contribution in [0, 0.1) is 12.8 Å². The van der Waals surface area contributed by atoms with Crippen LogP contribution in [0.3, 0.4) is 0 Å². The van der Waals surface area contributed by atoms with Crippen LogP contribution in [0.2, 0.25) is 0 Å². The van der Waals surface area contributed by atoms with Crippen molar-refractivity contribution in [2.24, 2.45) is 5.92 Å². The number of nitrogens with two attached hydrogens (primary N) is 1. The van der Waals surface area contributed by atoms with Crippen LogP contribution in [0.4, 0.5) is 5.69 Å². The normalized spacial score (nSPS) is 11.6. The molecule has 20 heavy (non-hydrogen) atoms. The molecule has 1 rings (SSSR count). The molecule has 0 bridgehead atoms. The minimum atomic E-state index is -3.69. The Morgan fingerprint density at radius 1 is 1.35 bits per heavy atom. The number of benzene rings is 1. The molecule has 0 unspecified atom stereocenters. The number of hydrogen-bond acceptors (Lipinski definition) is 4. The standard InChI is InChI=1S/C14H22N2O3S/c1-10(2)6-7-16-14(17)9-20(18,19)13-5-4-11(3)8-12(13)15/h4-5,8,10H,6-7,9,15H2,1-3H3,(H,16,17). The molecule has 0 fully saturated rings. The van der Waals surface area contributed by atoms with Gasteiger partial charge >= 0.3 is 0 Å².